The molecule has 0 radical (unpaired) electrons. The zero-order valence-corrected chi connectivity index (χ0v) is 15.5. The second kappa shape index (κ2) is 6.90. The van der Waals surface area contributed by atoms with Crippen LogP contribution >= 0.6 is 0 Å². The Morgan fingerprint density at radius 2 is 1.85 bits per heavy atom. The van der Waals surface area contributed by atoms with Crippen LogP contribution in [0, 0.1) is 0 Å². The van der Waals surface area contributed by atoms with Gasteiger partial charge in [0.15, 0.2) is 12.2 Å². The number of carbonyl (C=O) groups is 2. The highest BCUT2D eigenvalue weighted by Gasteiger charge is 2.49. The molecule has 0 fully saturated rings. The highest BCUT2D eigenvalue weighted by atomic mass is 16.6. The molecular weight excluding hydrogens is 352 g/mol. The van der Waals surface area contributed by atoms with E-state index in [9.17, 15) is 14.4 Å². The Kier molecular flexibility index (Phi) is 4.78. The van der Waals surface area contributed by atoms with Crippen molar-refractivity contribution in [3.8, 4) is 5.75 Å². The van der Waals surface area contributed by atoms with Crippen LogP contribution in [0.2, 0.25) is 0 Å². The third kappa shape index (κ3) is 3.58. The first-order valence-electron chi connectivity index (χ1n) is 8.49. The third-order valence-corrected chi connectivity index (χ3v) is 4.24. The fraction of sp³-hybridized carbons (Fsp3) is 0.350. The molecule has 2 atom stereocenters. The minimum atomic E-state index is -0.996. The molecule has 2 heterocycles. The smallest absolute Gasteiger partial charge is 0.336 e. The largest absolute Gasteiger partial charge is 0.483 e. The molecule has 7 nitrogen and oxygen atoms in total. The van der Waals surface area contributed by atoms with Crippen LogP contribution in [0.3, 0.4) is 0 Å². The molecule has 27 heavy (non-hydrogen) atoms. The zero-order valence-electron chi connectivity index (χ0n) is 15.5. The summed E-state index contributed by atoms with van der Waals surface area (Å²) in [5, 5.41) is 0.632. The van der Waals surface area contributed by atoms with E-state index < -0.39 is 35.4 Å². The minimum Gasteiger partial charge on any atom is -0.483 e. The molecule has 0 aliphatic carbocycles. The lowest BCUT2D eigenvalue weighted by Crippen LogP contribution is -2.52. The van der Waals surface area contributed by atoms with Gasteiger partial charge >= 0.3 is 17.6 Å². The molecule has 142 valence electrons. The van der Waals surface area contributed by atoms with E-state index >= 15 is 0 Å². The van der Waals surface area contributed by atoms with Gasteiger partial charge in [-0.3, -0.25) is 4.79 Å². The molecule has 0 amide bonds. The summed E-state index contributed by atoms with van der Waals surface area (Å²) in [5.41, 5.74) is -0.954. The molecule has 0 bridgehead atoms. The van der Waals surface area contributed by atoms with Crippen molar-refractivity contribution in [2.24, 2.45) is 0 Å². The Bertz CT molecular complexity index is 983. The first kappa shape index (κ1) is 18.7. The predicted octanol–water partition coefficient (Wildman–Crippen LogP) is 3.06. The van der Waals surface area contributed by atoms with E-state index in [0.29, 0.717) is 16.7 Å². The van der Waals surface area contributed by atoms with Crippen molar-refractivity contribution >= 4 is 22.9 Å². The summed E-state index contributed by atoms with van der Waals surface area (Å²) in [6.07, 6.45) is 0.862. The fourth-order valence-corrected chi connectivity index (χ4v) is 3.16. The molecule has 0 saturated heterocycles. The van der Waals surface area contributed by atoms with E-state index in [1.807, 2.05) is 0 Å². The van der Waals surface area contributed by atoms with E-state index in [1.165, 1.54) is 19.1 Å². The van der Waals surface area contributed by atoms with E-state index in [1.54, 1.807) is 45.0 Å². The maximum Gasteiger partial charge on any atom is 0.336 e. The Labute approximate surface area is 155 Å². The van der Waals surface area contributed by atoms with E-state index in [0.717, 1.165) is 0 Å². The average Bonchev–Trinajstić information content (AvgIpc) is 2.56. The predicted molar refractivity (Wildman–Crippen MR) is 96.4 cm³/mol. The Balaban J connectivity index is 2.22. The SMILES string of the molecule is C/C=C/C(=O)O[C@@H]1[C@H](OC(C)=O)c2c(ccc3ccc(=O)oc23)OC1(C)C. The molecule has 7 heteroatoms. The quantitative estimate of drug-likeness (QED) is 0.464. The lowest BCUT2D eigenvalue weighted by atomic mass is 9.87. The summed E-state index contributed by atoms with van der Waals surface area (Å²) in [6.45, 7) is 6.40. The van der Waals surface area contributed by atoms with Crippen LogP contribution in [0.4, 0.5) is 0 Å². The summed E-state index contributed by atoms with van der Waals surface area (Å²) >= 11 is 0. The highest BCUT2D eigenvalue weighted by Crippen LogP contribution is 2.46. The van der Waals surface area contributed by atoms with Crippen LogP contribution in [-0.4, -0.2) is 23.6 Å². The van der Waals surface area contributed by atoms with Crippen LogP contribution < -0.4 is 10.4 Å². The number of esters is 2. The third-order valence-electron chi connectivity index (χ3n) is 4.24. The summed E-state index contributed by atoms with van der Waals surface area (Å²) in [4.78, 5) is 35.6. The average molecular weight is 372 g/mol. The summed E-state index contributed by atoms with van der Waals surface area (Å²) in [7, 11) is 0. The second-order valence-corrected chi connectivity index (χ2v) is 6.74. The molecule has 1 aliphatic rings. The molecule has 3 rings (SSSR count). The van der Waals surface area contributed by atoms with Gasteiger partial charge in [0.25, 0.3) is 0 Å². The number of rotatable bonds is 3. The number of hydrogen-bond donors (Lipinski definition) is 0. The summed E-state index contributed by atoms with van der Waals surface area (Å²) in [6, 6.07) is 6.35. The Morgan fingerprint density at radius 1 is 1.15 bits per heavy atom. The molecule has 0 N–H and O–H groups in total. The van der Waals surface area contributed by atoms with Crippen molar-refractivity contribution in [3.63, 3.8) is 0 Å². The number of allylic oxidation sites excluding steroid dienone is 1. The maximum absolute atomic E-state index is 12.1. The van der Waals surface area contributed by atoms with E-state index in [2.05, 4.69) is 0 Å². The van der Waals surface area contributed by atoms with Crippen molar-refractivity contribution < 1.29 is 28.2 Å². The minimum absolute atomic E-state index is 0.230. The molecule has 2 aromatic rings. The maximum atomic E-state index is 12.1. The molecule has 1 aliphatic heterocycles. The van der Waals surface area contributed by atoms with Crippen LogP contribution in [0.1, 0.15) is 39.4 Å². The standard InChI is InChI=1S/C20H20O7/c1-5-6-14(22)26-19-18(24-11(2)21)16-13(27-20(19,3)4)9-7-12-8-10-15(23)25-17(12)16/h5-10,18-19H,1-4H3/b6-5+/t18-,19-/m1/s1. The highest BCUT2D eigenvalue weighted by molar-refractivity contribution is 5.84. The van der Waals surface area contributed by atoms with E-state index in [4.69, 9.17) is 18.6 Å². The van der Waals surface area contributed by atoms with Gasteiger partial charge in [-0.25, -0.2) is 9.59 Å². The van der Waals surface area contributed by atoms with Crippen LogP contribution in [0.25, 0.3) is 11.0 Å². The van der Waals surface area contributed by atoms with Gasteiger partial charge < -0.3 is 18.6 Å². The van der Waals surface area contributed by atoms with Gasteiger partial charge in [0.05, 0.1) is 5.56 Å². The molecule has 1 aromatic carbocycles. The summed E-state index contributed by atoms with van der Waals surface area (Å²) < 4.78 is 22.4. The Hall–Kier alpha value is -3.09. The normalized spacial score (nSPS) is 20.7. The number of benzene rings is 1. The van der Waals surface area contributed by atoms with Crippen LogP contribution in [-0.2, 0) is 19.1 Å². The van der Waals surface area contributed by atoms with Gasteiger partial charge in [0.1, 0.15) is 16.9 Å². The van der Waals surface area contributed by atoms with Crippen LogP contribution in [0.15, 0.2) is 45.6 Å². The lowest BCUT2D eigenvalue weighted by Gasteiger charge is -2.43. The molecule has 1 aromatic heterocycles. The topological polar surface area (TPSA) is 92.0 Å². The zero-order chi connectivity index (χ0) is 19.8. The first-order valence-corrected chi connectivity index (χ1v) is 8.49. The molecule has 0 unspecified atom stereocenters. The first-order chi connectivity index (χ1) is 12.7. The van der Waals surface area contributed by atoms with Gasteiger partial charge in [-0.15, -0.1) is 0 Å². The van der Waals surface area contributed by atoms with Gasteiger partial charge in [-0.05, 0) is 39.0 Å². The van der Waals surface area contributed by atoms with Crippen LogP contribution in [0.5, 0.6) is 5.75 Å². The van der Waals surface area contributed by atoms with Crippen molar-refractivity contribution in [3.05, 3.63) is 52.4 Å². The number of ether oxygens (including phenoxy) is 3. The summed E-state index contributed by atoms with van der Waals surface area (Å²) in [5.74, 6) is -0.765. The number of fused-ring (bicyclic) bond motifs is 3. The second-order valence-electron chi connectivity index (χ2n) is 6.74. The van der Waals surface area contributed by atoms with Crippen molar-refractivity contribution in [2.75, 3.05) is 0 Å². The molecule has 0 spiro atoms. The molecular formula is C20H20O7. The Morgan fingerprint density at radius 3 is 2.52 bits per heavy atom. The van der Waals surface area contributed by atoms with Gasteiger partial charge in [0.2, 0.25) is 0 Å². The number of carbonyl (C=O) groups excluding carboxylic acids is 2. The van der Waals surface area contributed by atoms with Crippen molar-refractivity contribution in [1.82, 2.24) is 0 Å². The fourth-order valence-electron chi connectivity index (χ4n) is 3.16. The monoisotopic (exact) mass is 372 g/mol. The lowest BCUT2D eigenvalue weighted by molar-refractivity contribution is -0.185. The van der Waals surface area contributed by atoms with E-state index in [-0.39, 0.29) is 5.58 Å². The molecule has 0 saturated carbocycles. The van der Waals surface area contributed by atoms with Gasteiger partial charge in [-0.1, -0.05) is 6.08 Å². The number of hydrogen-bond acceptors (Lipinski definition) is 7. The van der Waals surface area contributed by atoms with Gasteiger partial charge in [0, 0.05) is 24.5 Å². The van der Waals surface area contributed by atoms with Crippen molar-refractivity contribution in [1.29, 1.82) is 0 Å². The van der Waals surface area contributed by atoms with Gasteiger partial charge in [-0.2, -0.15) is 0 Å². The van der Waals surface area contributed by atoms with Crippen molar-refractivity contribution in [2.45, 2.75) is 45.5 Å².